The van der Waals surface area contributed by atoms with Gasteiger partial charge in [0.25, 0.3) is 5.56 Å². The van der Waals surface area contributed by atoms with Gasteiger partial charge in [-0.25, -0.2) is 4.98 Å². The molecule has 0 aliphatic carbocycles. The fourth-order valence-electron chi connectivity index (χ4n) is 1.71. The van der Waals surface area contributed by atoms with Crippen LogP contribution < -0.4 is 10.5 Å². The van der Waals surface area contributed by atoms with Gasteiger partial charge in [0.2, 0.25) is 0 Å². The zero-order valence-electron chi connectivity index (χ0n) is 8.04. The number of aromatic nitrogens is 2. The second-order valence-electron chi connectivity index (χ2n) is 3.55. The molecule has 1 fully saturated rings. The highest BCUT2D eigenvalue weighted by atomic mass is 127. The number of hydrogen-bond donors (Lipinski definition) is 1. The average Bonchev–Trinajstić information content (AvgIpc) is 2.22. The second kappa shape index (κ2) is 4.69. The highest BCUT2D eigenvalue weighted by Crippen LogP contribution is 2.22. The van der Waals surface area contributed by atoms with Crippen LogP contribution in [0.3, 0.4) is 0 Å². The van der Waals surface area contributed by atoms with Crippen molar-refractivity contribution in [3.05, 3.63) is 20.3 Å². The highest BCUT2D eigenvalue weighted by Gasteiger charge is 2.21. The maximum absolute atomic E-state index is 11.4. The van der Waals surface area contributed by atoms with Crippen LogP contribution in [0.25, 0.3) is 0 Å². The van der Waals surface area contributed by atoms with Gasteiger partial charge in [-0.15, -0.1) is 11.6 Å². The number of anilines is 1. The van der Waals surface area contributed by atoms with Crippen molar-refractivity contribution in [2.75, 3.05) is 18.0 Å². The Balaban J connectivity index is 2.28. The van der Waals surface area contributed by atoms with Gasteiger partial charge in [0.1, 0.15) is 9.39 Å². The normalized spacial score (nSPS) is 21.7. The smallest absolute Gasteiger partial charge is 0.266 e. The number of nitrogens with zero attached hydrogens (tertiary/aromatic N) is 2. The van der Waals surface area contributed by atoms with E-state index in [-0.39, 0.29) is 10.9 Å². The topological polar surface area (TPSA) is 49.0 Å². The molecule has 0 amide bonds. The Morgan fingerprint density at radius 3 is 3.20 bits per heavy atom. The van der Waals surface area contributed by atoms with Gasteiger partial charge in [-0.05, 0) is 35.4 Å². The van der Waals surface area contributed by atoms with Gasteiger partial charge < -0.3 is 9.88 Å². The number of aromatic amines is 1. The maximum atomic E-state index is 11.4. The van der Waals surface area contributed by atoms with Crippen LogP contribution in [0.2, 0.25) is 0 Å². The van der Waals surface area contributed by atoms with E-state index in [1.165, 1.54) is 6.33 Å². The lowest BCUT2D eigenvalue weighted by molar-refractivity contribution is 0.578. The van der Waals surface area contributed by atoms with Gasteiger partial charge >= 0.3 is 0 Å². The van der Waals surface area contributed by atoms with Crippen LogP contribution in [0.5, 0.6) is 0 Å². The quantitative estimate of drug-likeness (QED) is 0.624. The number of H-pyrrole nitrogens is 1. The van der Waals surface area contributed by atoms with E-state index in [2.05, 4.69) is 14.9 Å². The average molecular weight is 340 g/mol. The van der Waals surface area contributed by atoms with Gasteiger partial charge in [0.15, 0.2) is 0 Å². The van der Waals surface area contributed by atoms with Crippen LogP contribution in [-0.4, -0.2) is 28.4 Å². The fraction of sp³-hybridized carbons (Fsp3) is 0.556. The number of hydrogen-bond acceptors (Lipinski definition) is 3. The summed E-state index contributed by atoms with van der Waals surface area (Å²) < 4.78 is 0.640. The zero-order valence-corrected chi connectivity index (χ0v) is 11.0. The third-order valence-electron chi connectivity index (χ3n) is 2.44. The van der Waals surface area contributed by atoms with E-state index in [1.807, 2.05) is 22.6 Å². The Morgan fingerprint density at radius 2 is 2.47 bits per heavy atom. The van der Waals surface area contributed by atoms with Crippen LogP contribution in [0, 0.1) is 3.57 Å². The van der Waals surface area contributed by atoms with Gasteiger partial charge in [-0.2, -0.15) is 0 Å². The molecular weight excluding hydrogens is 328 g/mol. The molecule has 82 valence electrons. The lowest BCUT2D eigenvalue weighted by Crippen LogP contribution is -2.38. The van der Waals surface area contributed by atoms with E-state index in [0.717, 1.165) is 31.7 Å². The molecule has 1 saturated heterocycles. The summed E-state index contributed by atoms with van der Waals surface area (Å²) >= 11 is 8.12. The number of halogens is 2. The largest absolute Gasteiger partial charge is 0.354 e. The maximum Gasteiger partial charge on any atom is 0.266 e. The summed E-state index contributed by atoms with van der Waals surface area (Å²) in [4.78, 5) is 20.2. The first-order valence-corrected chi connectivity index (χ1v) is 6.32. The fourth-order valence-corrected chi connectivity index (χ4v) is 2.67. The Bertz CT molecular complexity index is 409. The van der Waals surface area contributed by atoms with Crippen LogP contribution in [-0.2, 0) is 0 Å². The van der Waals surface area contributed by atoms with Crippen molar-refractivity contribution in [3.8, 4) is 0 Å². The predicted molar refractivity (Wildman–Crippen MR) is 68.7 cm³/mol. The molecule has 2 rings (SSSR count). The third kappa shape index (κ3) is 2.44. The molecule has 0 saturated carbocycles. The van der Waals surface area contributed by atoms with Crippen molar-refractivity contribution in [1.82, 2.24) is 9.97 Å². The zero-order chi connectivity index (χ0) is 10.8. The molecule has 1 aliphatic rings. The number of piperidine rings is 1. The predicted octanol–water partition coefficient (Wildman–Crippen LogP) is 1.58. The summed E-state index contributed by atoms with van der Waals surface area (Å²) in [6.07, 6.45) is 3.54. The number of alkyl halides is 1. The van der Waals surface area contributed by atoms with E-state index < -0.39 is 0 Å². The van der Waals surface area contributed by atoms with Crippen LogP contribution in [0.1, 0.15) is 12.8 Å². The summed E-state index contributed by atoms with van der Waals surface area (Å²) in [5.41, 5.74) is -0.0858. The molecule has 6 heteroatoms. The van der Waals surface area contributed by atoms with Crippen molar-refractivity contribution in [2.24, 2.45) is 0 Å². The van der Waals surface area contributed by atoms with Crippen LogP contribution in [0.15, 0.2) is 11.1 Å². The van der Waals surface area contributed by atoms with Gasteiger partial charge in [-0.3, -0.25) is 4.79 Å². The summed E-state index contributed by atoms with van der Waals surface area (Å²) in [5, 5.41) is 0.163. The lowest BCUT2D eigenvalue weighted by Gasteiger charge is -2.30. The Kier molecular flexibility index (Phi) is 3.50. The molecule has 1 aliphatic heterocycles. The van der Waals surface area contributed by atoms with E-state index in [4.69, 9.17) is 11.6 Å². The second-order valence-corrected chi connectivity index (χ2v) is 5.25. The molecule has 1 atom stereocenters. The Morgan fingerprint density at radius 1 is 1.67 bits per heavy atom. The summed E-state index contributed by atoms with van der Waals surface area (Å²) in [6.45, 7) is 1.70. The molecule has 1 aromatic rings. The van der Waals surface area contributed by atoms with Crippen LogP contribution in [0.4, 0.5) is 5.82 Å². The first-order chi connectivity index (χ1) is 7.18. The van der Waals surface area contributed by atoms with E-state index in [1.54, 1.807) is 0 Å². The van der Waals surface area contributed by atoms with Crippen molar-refractivity contribution in [1.29, 1.82) is 0 Å². The number of rotatable bonds is 1. The van der Waals surface area contributed by atoms with E-state index in [9.17, 15) is 4.79 Å². The van der Waals surface area contributed by atoms with Crippen molar-refractivity contribution < 1.29 is 0 Å². The highest BCUT2D eigenvalue weighted by molar-refractivity contribution is 14.1. The molecule has 15 heavy (non-hydrogen) atoms. The first kappa shape index (κ1) is 11.2. The van der Waals surface area contributed by atoms with Crippen molar-refractivity contribution >= 4 is 40.0 Å². The molecule has 1 N–H and O–H groups in total. The van der Waals surface area contributed by atoms with E-state index in [0.29, 0.717) is 3.57 Å². The Hall–Kier alpha value is -0.300. The minimum absolute atomic E-state index is 0.0858. The molecule has 4 nitrogen and oxygen atoms in total. The van der Waals surface area contributed by atoms with Crippen molar-refractivity contribution in [3.63, 3.8) is 0 Å². The van der Waals surface area contributed by atoms with Crippen molar-refractivity contribution in [2.45, 2.75) is 18.2 Å². The molecular formula is C9H11ClIN3O. The molecule has 0 radical (unpaired) electrons. The summed E-state index contributed by atoms with van der Waals surface area (Å²) in [5.74, 6) is 0.754. The van der Waals surface area contributed by atoms with Gasteiger partial charge in [0, 0.05) is 13.1 Å². The molecule has 2 heterocycles. The molecule has 0 spiro atoms. The SMILES string of the molecule is O=c1[nH]cnc(N2CCCC(Cl)C2)c1I. The lowest BCUT2D eigenvalue weighted by atomic mass is 10.1. The molecule has 0 aromatic carbocycles. The van der Waals surface area contributed by atoms with Crippen LogP contribution >= 0.6 is 34.2 Å². The Labute approximate surface area is 106 Å². The summed E-state index contributed by atoms with van der Waals surface area (Å²) in [6, 6.07) is 0. The minimum Gasteiger partial charge on any atom is -0.354 e. The third-order valence-corrected chi connectivity index (χ3v) is 3.77. The minimum atomic E-state index is -0.0858. The first-order valence-electron chi connectivity index (χ1n) is 4.80. The molecule has 1 unspecified atom stereocenters. The standard InChI is InChI=1S/C9H11ClIN3O/c10-6-2-1-3-14(4-6)8-7(11)9(15)13-5-12-8/h5-6H,1-4H2,(H,12,13,15). The summed E-state index contributed by atoms with van der Waals surface area (Å²) in [7, 11) is 0. The van der Waals surface area contributed by atoms with Gasteiger partial charge in [0.05, 0.1) is 11.7 Å². The number of nitrogens with one attached hydrogen (secondary N) is 1. The molecule has 0 bridgehead atoms. The van der Waals surface area contributed by atoms with E-state index >= 15 is 0 Å². The molecule has 1 aromatic heterocycles. The monoisotopic (exact) mass is 339 g/mol. The van der Waals surface area contributed by atoms with Gasteiger partial charge in [-0.1, -0.05) is 0 Å².